The monoisotopic (exact) mass is 221 g/mol. The molecule has 3 heteroatoms. The Hall–Kier alpha value is -1.09. The molecule has 1 aromatic heterocycles. The fourth-order valence-corrected chi connectivity index (χ4v) is 1.56. The van der Waals surface area contributed by atoms with Crippen molar-refractivity contribution in [2.75, 3.05) is 18.9 Å². The van der Waals surface area contributed by atoms with E-state index in [1.807, 2.05) is 7.05 Å². The summed E-state index contributed by atoms with van der Waals surface area (Å²) in [5.74, 6) is 1.47. The van der Waals surface area contributed by atoms with Crippen LogP contribution in [0, 0.1) is 0 Å². The summed E-state index contributed by atoms with van der Waals surface area (Å²) in [4.78, 5) is 4.61. The fourth-order valence-electron chi connectivity index (χ4n) is 1.56. The maximum Gasteiger partial charge on any atom is 0.126 e. The first-order valence-electron chi connectivity index (χ1n) is 6.06. The molecule has 0 unspecified atom stereocenters. The van der Waals surface area contributed by atoms with E-state index in [4.69, 9.17) is 0 Å². The summed E-state index contributed by atoms with van der Waals surface area (Å²) in [7, 11) is 1.97. The van der Waals surface area contributed by atoms with Crippen LogP contribution in [0.2, 0.25) is 0 Å². The molecule has 0 aliphatic rings. The highest BCUT2D eigenvalue weighted by Gasteiger charge is 2.05. The van der Waals surface area contributed by atoms with Gasteiger partial charge in [-0.05, 0) is 37.1 Å². The van der Waals surface area contributed by atoms with Gasteiger partial charge in [-0.25, -0.2) is 4.98 Å². The lowest BCUT2D eigenvalue weighted by molar-refractivity contribution is 0.787. The van der Waals surface area contributed by atoms with Crippen molar-refractivity contribution in [2.45, 2.75) is 39.7 Å². The van der Waals surface area contributed by atoms with Crippen LogP contribution < -0.4 is 10.6 Å². The summed E-state index contributed by atoms with van der Waals surface area (Å²) in [6.07, 6.45) is 1.12. The van der Waals surface area contributed by atoms with Crippen LogP contribution in [0.3, 0.4) is 0 Å². The Bertz CT molecular complexity index is 321. The molecule has 0 aliphatic carbocycles. The molecule has 0 saturated heterocycles. The second-order valence-electron chi connectivity index (χ2n) is 4.40. The van der Waals surface area contributed by atoms with Crippen molar-refractivity contribution in [1.82, 2.24) is 10.3 Å². The van der Waals surface area contributed by atoms with E-state index in [-0.39, 0.29) is 0 Å². The number of nitrogens with zero attached hydrogens (tertiary/aromatic N) is 1. The predicted molar refractivity (Wildman–Crippen MR) is 69.9 cm³/mol. The number of anilines is 1. The van der Waals surface area contributed by atoms with Gasteiger partial charge in [0.15, 0.2) is 0 Å². The zero-order valence-corrected chi connectivity index (χ0v) is 10.8. The summed E-state index contributed by atoms with van der Waals surface area (Å²) in [5, 5.41) is 6.53. The third-order valence-electron chi connectivity index (χ3n) is 2.43. The average molecular weight is 221 g/mol. The molecule has 16 heavy (non-hydrogen) atoms. The van der Waals surface area contributed by atoms with Crippen LogP contribution in [-0.2, 0) is 6.54 Å². The van der Waals surface area contributed by atoms with Gasteiger partial charge in [0.1, 0.15) is 5.82 Å². The highest BCUT2D eigenvalue weighted by Crippen LogP contribution is 2.17. The maximum atomic E-state index is 4.61. The number of rotatable bonds is 6. The molecule has 3 nitrogen and oxygen atoms in total. The quantitative estimate of drug-likeness (QED) is 0.775. The van der Waals surface area contributed by atoms with Gasteiger partial charge in [-0.1, -0.05) is 20.8 Å². The van der Waals surface area contributed by atoms with Gasteiger partial charge in [-0.3, -0.25) is 0 Å². The first-order chi connectivity index (χ1) is 7.67. The topological polar surface area (TPSA) is 37.0 Å². The number of aromatic nitrogens is 1. The number of nitrogens with one attached hydrogen (secondary N) is 2. The lowest BCUT2D eigenvalue weighted by Gasteiger charge is -2.12. The van der Waals surface area contributed by atoms with Crippen LogP contribution in [0.15, 0.2) is 12.1 Å². The molecule has 2 N–H and O–H groups in total. The van der Waals surface area contributed by atoms with Gasteiger partial charge >= 0.3 is 0 Å². The van der Waals surface area contributed by atoms with Crippen molar-refractivity contribution >= 4 is 5.82 Å². The molecular weight excluding hydrogens is 198 g/mol. The van der Waals surface area contributed by atoms with Crippen molar-refractivity contribution in [3.63, 3.8) is 0 Å². The van der Waals surface area contributed by atoms with Gasteiger partial charge < -0.3 is 10.6 Å². The highest BCUT2D eigenvalue weighted by molar-refractivity contribution is 5.40. The van der Waals surface area contributed by atoms with E-state index < -0.39 is 0 Å². The van der Waals surface area contributed by atoms with E-state index >= 15 is 0 Å². The average Bonchev–Trinajstić information content (AvgIpc) is 2.26. The SMILES string of the molecule is CCCNc1cc(CNC)cc(C(C)C)n1. The van der Waals surface area contributed by atoms with Crippen LogP contribution in [0.4, 0.5) is 5.82 Å². The summed E-state index contributed by atoms with van der Waals surface area (Å²) in [6.45, 7) is 8.38. The van der Waals surface area contributed by atoms with E-state index in [0.29, 0.717) is 5.92 Å². The van der Waals surface area contributed by atoms with Crippen LogP contribution in [-0.4, -0.2) is 18.6 Å². The Labute approximate surface area is 98.7 Å². The third kappa shape index (κ3) is 3.81. The molecule has 1 heterocycles. The maximum absolute atomic E-state index is 4.61. The summed E-state index contributed by atoms with van der Waals surface area (Å²) >= 11 is 0. The molecule has 0 saturated carbocycles. The Balaban J connectivity index is 2.89. The molecule has 0 amide bonds. The molecule has 0 bridgehead atoms. The van der Waals surface area contributed by atoms with Crippen molar-refractivity contribution in [3.8, 4) is 0 Å². The first kappa shape index (κ1) is 13.0. The molecule has 0 radical (unpaired) electrons. The zero-order chi connectivity index (χ0) is 12.0. The standard InChI is InChI=1S/C13H23N3/c1-5-6-15-13-8-11(9-14-4)7-12(16-13)10(2)3/h7-8,10,14H,5-6,9H2,1-4H3,(H,15,16). The van der Waals surface area contributed by atoms with Crippen LogP contribution in [0.25, 0.3) is 0 Å². The molecule has 0 spiro atoms. The van der Waals surface area contributed by atoms with E-state index in [1.165, 1.54) is 5.56 Å². The van der Waals surface area contributed by atoms with Crippen molar-refractivity contribution < 1.29 is 0 Å². The third-order valence-corrected chi connectivity index (χ3v) is 2.43. The second kappa shape index (κ2) is 6.48. The van der Waals surface area contributed by atoms with E-state index in [0.717, 1.165) is 31.0 Å². The molecule has 1 aromatic rings. The van der Waals surface area contributed by atoms with Crippen molar-refractivity contribution in [1.29, 1.82) is 0 Å². The van der Waals surface area contributed by atoms with Crippen LogP contribution in [0.5, 0.6) is 0 Å². The van der Waals surface area contributed by atoms with Gasteiger partial charge in [-0.2, -0.15) is 0 Å². The van der Waals surface area contributed by atoms with Crippen LogP contribution in [0.1, 0.15) is 44.4 Å². The van der Waals surface area contributed by atoms with Crippen LogP contribution >= 0.6 is 0 Å². The van der Waals surface area contributed by atoms with Gasteiger partial charge in [0.2, 0.25) is 0 Å². The molecule has 0 fully saturated rings. The number of pyridine rings is 1. The normalized spacial score (nSPS) is 10.8. The molecule has 90 valence electrons. The summed E-state index contributed by atoms with van der Waals surface area (Å²) in [5.41, 5.74) is 2.45. The van der Waals surface area contributed by atoms with Crippen molar-refractivity contribution in [3.05, 3.63) is 23.4 Å². The number of hydrogen-bond donors (Lipinski definition) is 2. The van der Waals surface area contributed by atoms with Crippen molar-refractivity contribution in [2.24, 2.45) is 0 Å². The predicted octanol–water partition coefficient (Wildman–Crippen LogP) is 2.75. The lowest BCUT2D eigenvalue weighted by atomic mass is 10.1. The van der Waals surface area contributed by atoms with Gasteiger partial charge in [0.05, 0.1) is 0 Å². The van der Waals surface area contributed by atoms with Gasteiger partial charge in [-0.15, -0.1) is 0 Å². The molecule has 0 atom stereocenters. The highest BCUT2D eigenvalue weighted by atomic mass is 15.0. The minimum absolute atomic E-state index is 0.471. The molecule has 0 aromatic carbocycles. The van der Waals surface area contributed by atoms with Gasteiger partial charge in [0, 0.05) is 18.8 Å². The minimum Gasteiger partial charge on any atom is -0.370 e. The molecular formula is C13H23N3. The summed E-state index contributed by atoms with van der Waals surface area (Å²) < 4.78 is 0. The first-order valence-corrected chi connectivity index (χ1v) is 6.06. The summed E-state index contributed by atoms with van der Waals surface area (Å²) in [6, 6.07) is 4.30. The molecule has 1 rings (SSSR count). The minimum atomic E-state index is 0.471. The lowest BCUT2D eigenvalue weighted by Crippen LogP contribution is -2.09. The Morgan fingerprint density at radius 1 is 1.31 bits per heavy atom. The van der Waals surface area contributed by atoms with E-state index in [1.54, 1.807) is 0 Å². The fraction of sp³-hybridized carbons (Fsp3) is 0.615. The Morgan fingerprint density at radius 2 is 2.06 bits per heavy atom. The zero-order valence-electron chi connectivity index (χ0n) is 10.8. The number of hydrogen-bond acceptors (Lipinski definition) is 3. The Kier molecular flexibility index (Phi) is 5.26. The van der Waals surface area contributed by atoms with Gasteiger partial charge in [0.25, 0.3) is 0 Å². The largest absolute Gasteiger partial charge is 0.370 e. The smallest absolute Gasteiger partial charge is 0.126 e. The van der Waals surface area contributed by atoms with E-state index in [9.17, 15) is 0 Å². The second-order valence-corrected chi connectivity index (χ2v) is 4.40. The van der Waals surface area contributed by atoms with E-state index in [2.05, 4.69) is 48.5 Å². The Morgan fingerprint density at radius 3 is 2.62 bits per heavy atom. The molecule has 0 aliphatic heterocycles.